The predicted molar refractivity (Wildman–Crippen MR) is 79.6 cm³/mol. The Kier molecular flexibility index (Phi) is 8.26. The fraction of sp³-hybridized carbons (Fsp3) is 0.625. The first kappa shape index (κ1) is 16.0. The number of rotatable bonds is 10. The first-order chi connectivity index (χ1) is 9.22. The Bertz CT molecular complexity index is 322. The van der Waals surface area contributed by atoms with Crippen molar-refractivity contribution in [1.82, 2.24) is 5.32 Å². The van der Waals surface area contributed by atoms with Gasteiger partial charge in [-0.1, -0.05) is 32.9 Å². The van der Waals surface area contributed by atoms with Crippen molar-refractivity contribution in [3.8, 4) is 5.75 Å². The van der Waals surface area contributed by atoms with E-state index in [9.17, 15) is 0 Å². The highest BCUT2D eigenvalue weighted by Gasteiger charge is 1.96. The molecule has 1 aromatic carbocycles. The highest BCUT2D eigenvalue weighted by atomic mass is 16.5. The first-order valence-electron chi connectivity index (χ1n) is 7.22. The molecule has 0 aliphatic rings. The summed E-state index contributed by atoms with van der Waals surface area (Å²) >= 11 is 0. The minimum atomic E-state index is 0.607. The van der Waals surface area contributed by atoms with Crippen molar-refractivity contribution in [3.63, 3.8) is 0 Å². The van der Waals surface area contributed by atoms with Crippen LogP contribution in [0.25, 0.3) is 0 Å². The van der Waals surface area contributed by atoms with Gasteiger partial charge in [-0.05, 0) is 30.0 Å². The van der Waals surface area contributed by atoms with E-state index in [1.165, 1.54) is 5.56 Å². The van der Waals surface area contributed by atoms with Gasteiger partial charge >= 0.3 is 0 Å². The van der Waals surface area contributed by atoms with E-state index in [-0.39, 0.29) is 0 Å². The molecule has 0 aromatic heterocycles. The summed E-state index contributed by atoms with van der Waals surface area (Å²) < 4.78 is 11.1. The number of benzene rings is 1. The van der Waals surface area contributed by atoms with Crippen LogP contribution in [0.1, 0.15) is 32.8 Å². The molecule has 0 aliphatic carbocycles. The van der Waals surface area contributed by atoms with Gasteiger partial charge < -0.3 is 14.8 Å². The van der Waals surface area contributed by atoms with Gasteiger partial charge in [-0.25, -0.2) is 0 Å². The number of hydrogen-bond acceptors (Lipinski definition) is 3. The fourth-order valence-corrected chi connectivity index (χ4v) is 1.62. The smallest absolute Gasteiger partial charge is 0.119 e. The summed E-state index contributed by atoms with van der Waals surface area (Å²) in [6, 6.07) is 8.27. The molecule has 1 aromatic rings. The lowest BCUT2D eigenvalue weighted by Crippen LogP contribution is -2.20. The molecule has 0 saturated carbocycles. The second-order valence-corrected chi connectivity index (χ2v) is 5.14. The van der Waals surface area contributed by atoms with E-state index in [4.69, 9.17) is 9.47 Å². The van der Waals surface area contributed by atoms with Crippen LogP contribution in [0, 0.1) is 5.92 Å². The zero-order valence-electron chi connectivity index (χ0n) is 12.4. The molecule has 19 heavy (non-hydrogen) atoms. The van der Waals surface area contributed by atoms with Crippen LogP contribution in [-0.4, -0.2) is 26.4 Å². The minimum absolute atomic E-state index is 0.607. The predicted octanol–water partition coefficient (Wildman–Crippen LogP) is 3.24. The molecule has 0 atom stereocenters. The summed E-state index contributed by atoms with van der Waals surface area (Å²) in [6.45, 7) is 10.6. The second kappa shape index (κ2) is 9.82. The monoisotopic (exact) mass is 265 g/mol. The topological polar surface area (TPSA) is 30.5 Å². The zero-order chi connectivity index (χ0) is 13.9. The summed E-state index contributed by atoms with van der Waals surface area (Å²) in [4.78, 5) is 0. The maximum atomic E-state index is 5.55. The second-order valence-electron chi connectivity index (χ2n) is 5.14. The van der Waals surface area contributed by atoms with Gasteiger partial charge in [-0.3, -0.25) is 0 Å². The average Bonchev–Trinajstić information content (AvgIpc) is 2.41. The molecule has 0 fully saturated rings. The van der Waals surface area contributed by atoms with E-state index in [0.29, 0.717) is 5.92 Å². The molecular weight excluding hydrogens is 238 g/mol. The summed E-state index contributed by atoms with van der Waals surface area (Å²) in [5, 5.41) is 3.37. The highest BCUT2D eigenvalue weighted by Crippen LogP contribution is 2.12. The Morgan fingerprint density at radius 2 is 1.84 bits per heavy atom. The van der Waals surface area contributed by atoms with E-state index in [2.05, 4.69) is 38.2 Å². The maximum Gasteiger partial charge on any atom is 0.119 e. The van der Waals surface area contributed by atoms with Crippen molar-refractivity contribution in [2.24, 2.45) is 5.92 Å². The third-order valence-electron chi connectivity index (χ3n) is 2.60. The summed E-state index contributed by atoms with van der Waals surface area (Å²) in [6.07, 6.45) is 1.04. The van der Waals surface area contributed by atoms with Crippen LogP contribution in [-0.2, 0) is 11.3 Å². The zero-order valence-corrected chi connectivity index (χ0v) is 12.4. The Balaban J connectivity index is 2.12. The van der Waals surface area contributed by atoms with E-state index in [0.717, 1.165) is 45.1 Å². The van der Waals surface area contributed by atoms with Crippen LogP contribution in [0.15, 0.2) is 24.3 Å². The van der Waals surface area contributed by atoms with Crippen LogP contribution in [0.3, 0.4) is 0 Å². The largest absolute Gasteiger partial charge is 0.494 e. The van der Waals surface area contributed by atoms with Crippen molar-refractivity contribution in [1.29, 1.82) is 0 Å². The Morgan fingerprint density at radius 1 is 1.11 bits per heavy atom. The molecule has 0 bridgehead atoms. The normalized spacial score (nSPS) is 10.9. The molecule has 0 spiro atoms. The van der Waals surface area contributed by atoms with Crippen molar-refractivity contribution in [3.05, 3.63) is 29.8 Å². The quantitative estimate of drug-likeness (QED) is 0.659. The maximum absolute atomic E-state index is 5.55. The summed E-state index contributed by atoms with van der Waals surface area (Å²) in [5.41, 5.74) is 1.27. The Labute approximate surface area is 117 Å². The van der Waals surface area contributed by atoms with Crippen molar-refractivity contribution in [2.45, 2.75) is 33.7 Å². The van der Waals surface area contributed by atoms with Gasteiger partial charge in [-0.2, -0.15) is 0 Å². The van der Waals surface area contributed by atoms with E-state index >= 15 is 0 Å². The molecule has 3 nitrogen and oxygen atoms in total. The Hall–Kier alpha value is -1.06. The SMILES string of the molecule is CCCOc1ccc(CNCCOCC(C)C)cc1. The first-order valence-corrected chi connectivity index (χ1v) is 7.22. The van der Waals surface area contributed by atoms with E-state index < -0.39 is 0 Å². The molecule has 1 N–H and O–H groups in total. The molecule has 1 rings (SSSR count). The van der Waals surface area contributed by atoms with Crippen molar-refractivity contribution in [2.75, 3.05) is 26.4 Å². The van der Waals surface area contributed by atoms with Crippen molar-refractivity contribution >= 4 is 0 Å². The van der Waals surface area contributed by atoms with Gasteiger partial charge in [0.05, 0.1) is 13.2 Å². The number of ether oxygens (including phenoxy) is 2. The lowest BCUT2D eigenvalue weighted by Gasteiger charge is -2.09. The van der Waals surface area contributed by atoms with Crippen LogP contribution >= 0.6 is 0 Å². The van der Waals surface area contributed by atoms with Gasteiger partial charge in [0.25, 0.3) is 0 Å². The molecule has 0 unspecified atom stereocenters. The standard InChI is InChI=1S/C16H27NO2/c1-4-10-19-16-7-5-15(6-8-16)12-17-9-11-18-13-14(2)3/h5-8,14,17H,4,9-13H2,1-3H3. The van der Waals surface area contributed by atoms with Crippen LogP contribution in [0.4, 0.5) is 0 Å². The van der Waals surface area contributed by atoms with Gasteiger partial charge in [0.2, 0.25) is 0 Å². The summed E-state index contributed by atoms with van der Waals surface area (Å²) in [7, 11) is 0. The molecule has 0 saturated heterocycles. The molecule has 3 heteroatoms. The average molecular weight is 265 g/mol. The van der Waals surface area contributed by atoms with E-state index in [1.54, 1.807) is 0 Å². The van der Waals surface area contributed by atoms with E-state index in [1.807, 2.05) is 12.1 Å². The third-order valence-corrected chi connectivity index (χ3v) is 2.60. The van der Waals surface area contributed by atoms with Crippen LogP contribution in [0.2, 0.25) is 0 Å². The highest BCUT2D eigenvalue weighted by molar-refractivity contribution is 5.27. The third kappa shape index (κ3) is 7.85. The molecule has 0 radical (unpaired) electrons. The van der Waals surface area contributed by atoms with Crippen LogP contribution < -0.4 is 10.1 Å². The van der Waals surface area contributed by atoms with Crippen molar-refractivity contribution < 1.29 is 9.47 Å². The fourth-order valence-electron chi connectivity index (χ4n) is 1.62. The Morgan fingerprint density at radius 3 is 2.47 bits per heavy atom. The molecular formula is C16H27NO2. The lowest BCUT2D eigenvalue weighted by atomic mass is 10.2. The number of nitrogens with one attached hydrogen (secondary N) is 1. The van der Waals surface area contributed by atoms with Gasteiger partial charge in [0, 0.05) is 19.7 Å². The molecule has 0 amide bonds. The van der Waals surface area contributed by atoms with Gasteiger partial charge in [0.15, 0.2) is 0 Å². The minimum Gasteiger partial charge on any atom is -0.494 e. The summed E-state index contributed by atoms with van der Waals surface area (Å²) in [5.74, 6) is 1.56. The molecule has 108 valence electrons. The lowest BCUT2D eigenvalue weighted by molar-refractivity contribution is 0.111. The van der Waals surface area contributed by atoms with Gasteiger partial charge in [-0.15, -0.1) is 0 Å². The van der Waals surface area contributed by atoms with Crippen LogP contribution in [0.5, 0.6) is 5.75 Å². The van der Waals surface area contributed by atoms with Gasteiger partial charge in [0.1, 0.15) is 5.75 Å². The molecule has 0 heterocycles. The molecule has 0 aliphatic heterocycles. The number of hydrogen-bond donors (Lipinski definition) is 1.